The zero-order valence-corrected chi connectivity index (χ0v) is 14.9. The quantitative estimate of drug-likeness (QED) is 0.885. The van der Waals surface area contributed by atoms with Crippen LogP contribution in [0.4, 0.5) is 0 Å². The summed E-state index contributed by atoms with van der Waals surface area (Å²) in [5, 5.41) is 14.0. The van der Waals surface area contributed by atoms with E-state index >= 15 is 0 Å². The summed E-state index contributed by atoms with van der Waals surface area (Å²) in [5.74, 6) is 1.70. The number of aliphatic hydroxyl groups is 1. The minimum absolute atomic E-state index is 0.168. The zero-order chi connectivity index (χ0) is 17.2. The highest BCUT2D eigenvalue weighted by Gasteiger charge is 2.27. The SMILES string of the molecule is CN1CCC(n2nc(CCCO)nc2-c2ncnc3c2CCC3)CC1. The second-order valence-corrected chi connectivity index (χ2v) is 7.16. The Kier molecular flexibility index (Phi) is 4.76. The second-order valence-electron chi connectivity index (χ2n) is 7.16. The van der Waals surface area contributed by atoms with E-state index in [1.807, 2.05) is 0 Å². The number of aromatic nitrogens is 5. The van der Waals surface area contributed by atoms with Crippen LogP contribution in [-0.2, 0) is 19.3 Å². The molecule has 0 radical (unpaired) electrons. The predicted molar refractivity (Wildman–Crippen MR) is 94.2 cm³/mol. The standard InChI is InChI=1S/C18H26N6O/c1-23-9-7-13(8-10-23)24-18(21-16(22-24)6-3-11-25)17-14-4-2-5-15(14)19-12-20-17/h12-13,25H,2-11H2,1H3. The van der Waals surface area contributed by atoms with Crippen molar-refractivity contribution in [1.29, 1.82) is 0 Å². The third-order valence-electron chi connectivity index (χ3n) is 5.35. The fraction of sp³-hybridized carbons (Fsp3) is 0.667. The van der Waals surface area contributed by atoms with Gasteiger partial charge in [0.2, 0.25) is 0 Å². The molecule has 0 spiro atoms. The van der Waals surface area contributed by atoms with Gasteiger partial charge < -0.3 is 10.0 Å². The number of hydrogen-bond acceptors (Lipinski definition) is 6. The molecule has 3 heterocycles. The molecule has 0 bridgehead atoms. The molecule has 0 saturated carbocycles. The molecule has 2 aromatic rings. The maximum atomic E-state index is 9.14. The molecule has 2 aliphatic rings. The average Bonchev–Trinajstić information content (AvgIpc) is 3.27. The number of aryl methyl sites for hydroxylation is 2. The van der Waals surface area contributed by atoms with E-state index in [4.69, 9.17) is 15.2 Å². The molecule has 1 N–H and O–H groups in total. The van der Waals surface area contributed by atoms with Gasteiger partial charge in [-0.2, -0.15) is 5.10 Å². The summed E-state index contributed by atoms with van der Waals surface area (Å²) in [7, 11) is 2.17. The fourth-order valence-corrected chi connectivity index (χ4v) is 3.92. The van der Waals surface area contributed by atoms with E-state index in [9.17, 15) is 0 Å². The summed E-state index contributed by atoms with van der Waals surface area (Å²) in [5.41, 5.74) is 3.38. The molecule has 0 aromatic carbocycles. The van der Waals surface area contributed by atoms with Crippen molar-refractivity contribution < 1.29 is 5.11 Å². The van der Waals surface area contributed by atoms with E-state index in [-0.39, 0.29) is 6.61 Å². The van der Waals surface area contributed by atoms with Crippen molar-refractivity contribution in [2.24, 2.45) is 0 Å². The van der Waals surface area contributed by atoms with Crippen molar-refractivity contribution in [2.45, 2.75) is 51.0 Å². The predicted octanol–water partition coefficient (Wildman–Crippen LogP) is 1.42. The molecule has 1 aliphatic heterocycles. The lowest BCUT2D eigenvalue weighted by atomic mass is 10.1. The molecule has 134 valence electrons. The van der Waals surface area contributed by atoms with E-state index < -0.39 is 0 Å². The van der Waals surface area contributed by atoms with Crippen molar-refractivity contribution >= 4 is 0 Å². The molecular weight excluding hydrogens is 316 g/mol. The number of rotatable bonds is 5. The Hall–Kier alpha value is -1.86. The Balaban J connectivity index is 1.73. The van der Waals surface area contributed by atoms with Gasteiger partial charge >= 0.3 is 0 Å². The molecule has 0 amide bonds. The largest absolute Gasteiger partial charge is 0.396 e. The highest BCUT2D eigenvalue weighted by Crippen LogP contribution is 2.32. The van der Waals surface area contributed by atoms with Crippen LogP contribution in [0.5, 0.6) is 0 Å². The number of nitrogens with zero attached hydrogens (tertiary/aromatic N) is 6. The van der Waals surface area contributed by atoms with Crippen LogP contribution in [0.1, 0.15) is 48.8 Å². The number of piperidine rings is 1. The number of fused-ring (bicyclic) bond motifs is 1. The first-order valence-corrected chi connectivity index (χ1v) is 9.34. The molecule has 7 heteroatoms. The van der Waals surface area contributed by atoms with Gasteiger partial charge in [-0.3, -0.25) is 0 Å². The summed E-state index contributed by atoms with van der Waals surface area (Å²) in [6, 6.07) is 0.369. The molecule has 0 atom stereocenters. The fourth-order valence-electron chi connectivity index (χ4n) is 3.92. The first-order valence-electron chi connectivity index (χ1n) is 9.34. The van der Waals surface area contributed by atoms with Gasteiger partial charge in [0.05, 0.1) is 6.04 Å². The monoisotopic (exact) mass is 342 g/mol. The van der Waals surface area contributed by atoms with Crippen LogP contribution in [-0.4, -0.2) is 61.5 Å². The lowest BCUT2D eigenvalue weighted by Crippen LogP contribution is -2.32. The van der Waals surface area contributed by atoms with Crippen LogP contribution >= 0.6 is 0 Å². The topological polar surface area (TPSA) is 80.0 Å². The van der Waals surface area contributed by atoms with Crippen LogP contribution in [0.15, 0.2) is 6.33 Å². The van der Waals surface area contributed by atoms with Crippen LogP contribution < -0.4 is 0 Å². The normalized spacial score (nSPS) is 18.6. The summed E-state index contributed by atoms with van der Waals surface area (Å²) in [4.78, 5) is 16.2. The first kappa shape index (κ1) is 16.6. The molecule has 2 aromatic heterocycles. The summed E-state index contributed by atoms with van der Waals surface area (Å²) in [6.45, 7) is 2.33. The maximum Gasteiger partial charge on any atom is 0.177 e. The third kappa shape index (κ3) is 3.30. The molecular formula is C18H26N6O. The van der Waals surface area contributed by atoms with Crippen molar-refractivity contribution in [1.82, 2.24) is 29.6 Å². The van der Waals surface area contributed by atoms with Gasteiger partial charge in [0.15, 0.2) is 11.6 Å². The maximum absolute atomic E-state index is 9.14. The van der Waals surface area contributed by atoms with Crippen molar-refractivity contribution in [3.63, 3.8) is 0 Å². The van der Waals surface area contributed by atoms with Crippen LogP contribution in [0.25, 0.3) is 11.5 Å². The molecule has 1 aliphatic carbocycles. The Morgan fingerprint density at radius 2 is 2.04 bits per heavy atom. The molecule has 7 nitrogen and oxygen atoms in total. The smallest absolute Gasteiger partial charge is 0.177 e. The van der Waals surface area contributed by atoms with Gasteiger partial charge in [-0.15, -0.1) is 0 Å². The summed E-state index contributed by atoms with van der Waals surface area (Å²) >= 11 is 0. The molecule has 0 unspecified atom stereocenters. The Bertz CT molecular complexity index is 735. The molecule has 4 rings (SSSR count). The van der Waals surface area contributed by atoms with Crippen LogP contribution in [0.2, 0.25) is 0 Å². The van der Waals surface area contributed by atoms with Gasteiger partial charge in [-0.25, -0.2) is 19.6 Å². The number of aliphatic hydroxyl groups excluding tert-OH is 1. The minimum Gasteiger partial charge on any atom is -0.396 e. The van der Waals surface area contributed by atoms with E-state index in [1.54, 1.807) is 6.33 Å². The first-order chi connectivity index (χ1) is 12.3. The number of hydrogen-bond donors (Lipinski definition) is 1. The Morgan fingerprint density at radius 3 is 2.84 bits per heavy atom. The average molecular weight is 342 g/mol. The summed E-state index contributed by atoms with van der Waals surface area (Å²) in [6.07, 6.45) is 8.43. The molecule has 25 heavy (non-hydrogen) atoms. The van der Waals surface area contributed by atoms with Gasteiger partial charge in [-0.1, -0.05) is 0 Å². The van der Waals surface area contributed by atoms with E-state index in [0.29, 0.717) is 18.9 Å². The zero-order valence-electron chi connectivity index (χ0n) is 14.9. The Morgan fingerprint density at radius 1 is 1.20 bits per heavy atom. The van der Waals surface area contributed by atoms with Gasteiger partial charge in [0.1, 0.15) is 12.0 Å². The molecule has 1 saturated heterocycles. The number of likely N-dealkylation sites (tertiary alicyclic amines) is 1. The van der Waals surface area contributed by atoms with Gasteiger partial charge in [0, 0.05) is 24.3 Å². The third-order valence-corrected chi connectivity index (χ3v) is 5.35. The van der Waals surface area contributed by atoms with Crippen molar-refractivity contribution in [2.75, 3.05) is 26.7 Å². The lowest BCUT2D eigenvalue weighted by molar-refractivity contribution is 0.213. The lowest BCUT2D eigenvalue weighted by Gasteiger charge is -2.29. The van der Waals surface area contributed by atoms with Crippen LogP contribution in [0.3, 0.4) is 0 Å². The van der Waals surface area contributed by atoms with E-state index in [0.717, 1.165) is 62.5 Å². The van der Waals surface area contributed by atoms with Crippen molar-refractivity contribution in [3.8, 4) is 11.5 Å². The highest BCUT2D eigenvalue weighted by molar-refractivity contribution is 5.57. The highest BCUT2D eigenvalue weighted by atomic mass is 16.2. The van der Waals surface area contributed by atoms with Crippen molar-refractivity contribution in [3.05, 3.63) is 23.4 Å². The minimum atomic E-state index is 0.168. The second kappa shape index (κ2) is 7.17. The van der Waals surface area contributed by atoms with Gasteiger partial charge in [-0.05, 0) is 58.7 Å². The van der Waals surface area contributed by atoms with E-state index in [1.165, 1.54) is 11.3 Å². The summed E-state index contributed by atoms with van der Waals surface area (Å²) < 4.78 is 2.11. The van der Waals surface area contributed by atoms with Crippen LogP contribution in [0, 0.1) is 0 Å². The molecule has 1 fully saturated rings. The van der Waals surface area contributed by atoms with Gasteiger partial charge in [0.25, 0.3) is 0 Å². The van der Waals surface area contributed by atoms with E-state index in [2.05, 4.69) is 26.6 Å². The Labute approximate surface area is 148 Å².